The molecule has 2 heterocycles. The highest BCUT2D eigenvalue weighted by Crippen LogP contribution is 2.18. The molecule has 6 nitrogen and oxygen atoms in total. The van der Waals surface area contributed by atoms with Gasteiger partial charge in [0.15, 0.2) is 5.69 Å². The average molecular weight is 373 g/mol. The van der Waals surface area contributed by atoms with Gasteiger partial charge in [-0.3, -0.25) is 4.79 Å². The highest BCUT2D eigenvalue weighted by atomic mass is 19.1. The number of benzene rings is 1. The highest BCUT2D eigenvalue weighted by Gasteiger charge is 2.22. The minimum absolute atomic E-state index is 0.115. The maximum Gasteiger partial charge on any atom is 0.276 e. The molecule has 3 rings (SSSR count). The SMILES string of the molecule is CCCCCN(Cc1ccc(F)cc1)C(=O)c1cn(C2CCNCC2)nn1. The summed E-state index contributed by atoms with van der Waals surface area (Å²) in [4.78, 5) is 14.8. The molecule has 0 aliphatic carbocycles. The number of rotatable bonds is 8. The van der Waals surface area contributed by atoms with Gasteiger partial charge in [0.2, 0.25) is 0 Å². The molecule has 0 radical (unpaired) electrons. The van der Waals surface area contributed by atoms with E-state index in [4.69, 9.17) is 0 Å². The maximum absolute atomic E-state index is 13.2. The summed E-state index contributed by atoms with van der Waals surface area (Å²) < 4.78 is 15.0. The number of amides is 1. The van der Waals surface area contributed by atoms with Crippen LogP contribution in [0.5, 0.6) is 0 Å². The first-order valence-electron chi connectivity index (χ1n) is 9.83. The van der Waals surface area contributed by atoms with E-state index < -0.39 is 0 Å². The van der Waals surface area contributed by atoms with Crippen molar-refractivity contribution in [3.8, 4) is 0 Å². The van der Waals surface area contributed by atoms with Crippen LogP contribution < -0.4 is 5.32 Å². The van der Waals surface area contributed by atoms with Crippen LogP contribution in [-0.4, -0.2) is 45.4 Å². The normalized spacial score (nSPS) is 15.0. The molecule has 27 heavy (non-hydrogen) atoms. The summed E-state index contributed by atoms with van der Waals surface area (Å²) in [6.07, 6.45) is 6.85. The molecule has 2 aromatic rings. The van der Waals surface area contributed by atoms with Crippen molar-refractivity contribution in [3.63, 3.8) is 0 Å². The summed E-state index contributed by atoms with van der Waals surface area (Å²) in [6.45, 7) is 5.16. The predicted molar refractivity (Wildman–Crippen MR) is 102 cm³/mol. The zero-order valence-electron chi connectivity index (χ0n) is 15.9. The number of carbonyl (C=O) groups excluding carboxylic acids is 1. The molecule has 1 aliphatic heterocycles. The van der Waals surface area contributed by atoms with Gasteiger partial charge in [-0.15, -0.1) is 5.10 Å². The van der Waals surface area contributed by atoms with E-state index in [1.807, 2.05) is 4.68 Å². The smallest absolute Gasteiger partial charge is 0.276 e. The summed E-state index contributed by atoms with van der Waals surface area (Å²) in [5.41, 5.74) is 1.29. The van der Waals surface area contributed by atoms with Gasteiger partial charge >= 0.3 is 0 Å². The fraction of sp³-hybridized carbons (Fsp3) is 0.550. The molecular weight excluding hydrogens is 345 g/mol. The third-order valence-electron chi connectivity index (χ3n) is 5.02. The lowest BCUT2D eigenvalue weighted by atomic mass is 10.1. The topological polar surface area (TPSA) is 63.1 Å². The second-order valence-corrected chi connectivity index (χ2v) is 7.13. The van der Waals surface area contributed by atoms with E-state index in [-0.39, 0.29) is 11.7 Å². The summed E-state index contributed by atoms with van der Waals surface area (Å²) in [7, 11) is 0. The number of nitrogens with one attached hydrogen (secondary N) is 1. The van der Waals surface area contributed by atoms with Gasteiger partial charge in [0, 0.05) is 13.1 Å². The van der Waals surface area contributed by atoms with Crippen LogP contribution in [0.2, 0.25) is 0 Å². The molecule has 1 saturated heterocycles. The summed E-state index contributed by atoms with van der Waals surface area (Å²) >= 11 is 0. The van der Waals surface area contributed by atoms with Crippen LogP contribution in [-0.2, 0) is 6.54 Å². The van der Waals surface area contributed by atoms with E-state index >= 15 is 0 Å². The average Bonchev–Trinajstić information content (AvgIpc) is 3.19. The Morgan fingerprint density at radius 2 is 2.00 bits per heavy atom. The number of unbranched alkanes of at least 4 members (excludes halogenated alkanes) is 2. The number of aromatic nitrogens is 3. The Kier molecular flexibility index (Phi) is 6.92. The van der Waals surface area contributed by atoms with Crippen molar-refractivity contribution in [1.82, 2.24) is 25.2 Å². The Bertz CT molecular complexity index is 724. The third kappa shape index (κ3) is 5.35. The van der Waals surface area contributed by atoms with Gasteiger partial charge in [-0.25, -0.2) is 9.07 Å². The quantitative estimate of drug-likeness (QED) is 0.722. The zero-order valence-corrected chi connectivity index (χ0v) is 15.9. The maximum atomic E-state index is 13.2. The van der Waals surface area contributed by atoms with E-state index in [9.17, 15) is 9.18 Å². The van der Waals surface area contributed by atoms with Gasteiger partial charge in [0.05, 0.1) is 12.2 Å². The third-order valence-corrected chi connectivity index (χ3v) is 5.02. The van der Waals surface area contributed by atoms with Crippen LogP contribution in [0.25, 0.3) is 0 Å². The first-order valence-corrected chi connectivity index (χ1v) is 9.83. The molecule has 1 aliphatic rings. The van der Waals surface area contributed by atoms with E-state index in [0.29, 0.717) is 24.8 Å². The number of nitrogens with zero attached hydrogens (tertiary/aromatic N) is 4. The fourth-order valence-electron chi connectivity index (χ4n) is 3.40. The summed E-state index contributed by atoms with van der Waals surface area (Å²) in [5, 5.41) is 11.7. The molecule has 7 heteroatoms. The van der Waals surface area contributed by atoms with Crippen molar-refractivity contribution in [2.24, 2.45) is 0 Å². The summed E-state index contributed by atoms with van der Waals surface area (Å²) in [6, 6.07) is 6.60. The molecule has 1 amide bonds. The lowest BCUT2D eigenvalue weighted by molar-refractivity contribution is 0.0734. The van der Waals surface area contributed by atoms with Crippen molar-refractivity contribution in [1.29, 1.82) is 0 Å². The minimum Gasteiger partial charge on any atom is -0.333 e. The standard InChI is InChI=1S/C20H28FN5O/c1-2-3-4-13-25(14-16-5-7-17(21)8-6-16)20(27)19-15-26(24-23-19)18-9-11-22-12-10-18/h5-8,15,18,22H,2-4,9-14H2,1H3. The minimum atomic E-state index is -0.271. The Balaban J connectivity index is 1.71. The van der Waals surface area contributed by atoms with Gasteiger partial charge in [0.1, 0.15) is 5.82 Å². The second-order valence-electron chi connectivity index (χ2n) is 7.13. The van der Waals surface area contributed by atoms with Crippen molar-refractivity contribution in [2.45, 2.75) is 51.6 Å². The first-order chi connectivity index (χ1) is 13.2. The predicted octanol–water partition coefficient (Wildman–Crippen LogP) is 3.17. The molecule has 1 aromatic carbocycles. The molecule has 0 bridgehead atoms. The van der Waals surface area contributed by atoms with E-state index in [1.54, 1.807) is 23.2 Å². The monoisotopic (exact) mass is 373 g/mol. The number of hydrogen-bond acceptors (Lipinski definition) is 4. The van der Waals surface area contributed by atoms with E-state index in [0.717, 1.165) is 50.8 Å². The van der Waals surface area contributed by atoms with Gasteiger partial charge in [-0.2, -0.15) is 0 Å². The lowest BCUT2D eigenvalue weighted by Crippen LogP contribution is -2.32. The van der Waals surface area contributed by atoms with Crippen molar-refractivity contribution in [2.75, 3.05) is 19.6 Å². The molecule has 0 atom stereocenters. The number of halogens is 1. The molecular formula is C20H28FN5O. The number of piperidine rings is 1. The first kappa shape index (κ1) is 19.5. The Morgan fingerprint density at radius 3 is 2.70 bits per heavy atom. The number of carbonyl (C=O) groups is 1. The Labute approximate surface area is 159 Å². The number of hydrogen-bond donors (Lipinski definition) is 1. The Morgan fingerprint density at radius 1 is 1.26 bits per heavy atom. The van der Waals surface area contributed by atoms with E-state index in [1.165, 1.54) is 12.1 Å². The molecule has 0 saturated carbocycles. The zero-order chi connectivity index (χ0) is 19.1. The van der Waals surface area contributed by atoms with Crippen LogP contribution >= 0.6 is 0 Å². The van der Waals surface area contributed by atoms with Gasteiger partial charge < -0.3 is 10.2 Å². The van der Waals surface area contributed by atoms with Crippen LogP contribution in [0.1, 0.15) is 61.1 Å². The molecule has 1 N–H and O–H groups in total. The largest absolute Gasteiger partial charge is 0.333 e. The lowest BCUT2D eigenvalue weighted by Gasteiger charge is -2.23. The van der Waals surface area contributed by atoms with Gasteiger partial charge in [-0.1, -0.05) is 37.1 Å². The van der Waals surface area contributed by atoms with Crippen molar-refractivity contribution >= 4 is 5.91 Å². The highest BCUT2D eigenvalue weighted by molar-refractivity contribution is 5.91. The van der Waals surface area contributed by atoms with E-state index in [2.05, 4.69) is 22.6 Å². The summed E-state index contributed by atoms with van der Waals surface area (Å²) in [5.74, 6) is -0.386. The van der Waals surface area contributed by atoms with Crippen molar-refractivity contribution < 1.29 is 9.18 Å². The second kappa shape index (κ2) is 9.60. The van der Waals surface area contributed by atoms with Crippen LogP contribution in [0.15, 0.2) is 30.5 Å². The molecule has 0 unspecified atom stereocenters. The molecule has 1 aromatic heterocycles. The molecule has 0 spiro atoms. The van der Waals surface area contributed by atoms with Crippen molar-refractivity contribution in [3.05, 3.63) is 47.5 Å². The van der Waals surface area contributed by atoms with Crippen LogP contribution in [0, 0.1) is 5.82 Å². The fourth-order valence-corrected chi connectivity index (χ4v) is 3.40. The Hall–Kier alpha value is -2.28. The van der Waals surface area contributed by atoms with Gasteiger partial charge in [-0.05, 0) is 50.0 Å². The molecule has 146 valence electrons. The van der Waals surface area contributed by atoms with Crippen LogP contribution in [0.3, 0.4) is 0 Å². The van der Waals surface area contributed by atoms with Gasteiger partial charge in [0.25, 0.3) is 5.91 Å². The van der Waals surface area contributed by atoms with Crippen LogP contribution in [0.4, 0.5) is 4.39 Å². The molecule has 1 fully saturated rings.